The molecule has 76 valence electrons. The van der Waals surface area contributed by atoms with Crippen molar-refractivity contribution in [2.45, 2.75) is 47.2 Å². The highest BCUT2D eigenvalue weighted by atomic mass is 19.4. The fourth-order valence-corrected chi connectivity index (χ4v) is 0.200. The molecule has 12 heavy (non-hydrogen) atoms. The summed E-state index contributed by atoms with van der Waals surface area (Å²) < 4.78 is 34.0. The van der Waals surface area contributed by atoms with E-state index < -0.39 is 11.7 Å². The van der Waals surface area contributed by atoms with Crippen molar-refractivity contribution >= 4 is 0 Å². The van der Waals surface area contributed by atoms with Gasteiger partial charge in [-0.15, -0.1) is 0 Å². The van der Waals surface area contributed by atoms with Gasteiger partial charge in [-0.2, -0.15) is 13.2 Å². The number of alkyl halides is 3. The minimum Gasteiger partial charge on any atom is -0.167 e. The smallest absolute Gasteiger partial charge is 0.167 e. The normalized spacial score (nSPS) is 8.67. The number of hydrogen-bond donors (Lipinski definition) is 0. The first-order valence-corrected chi connectivity index (χ1v) is 4.23. The fourth-order valence-electron chi connectivity index (χ4n) is 0.200. The lowest BCUT2D eigenvalue weighted by Gasteiger charge is -2.05. The average Bonchev–Trinajstić information content (AvgIpc) is 2.08. The molecule has 0 aliphatic rings. The van der Waals surface area contributed by atoms with Crippen LogP contribution >= 0.6 is 0 Å². The molecule has 0 N–H and O–H groups in total. The largest absolute Gasteiger partial charge is 0.412 e. The van der Waals surface area contributed by atoms with Crippen molar-refractivity contribution in [3.63, 3.8) is 0 Å². The Kier molecular flexibility index (Phi) is 15.4. The van der Waals surface area contributed by atoms with Crippen molar-refractivity contribution in [3.8, 4) is 0 Å². The molecule has 0 aliphatic heterocycles. The number of rotatable bonds is 1. The van der Waals surface area contributed by atoms with Gasteiger partial charge in [-0.3, -0.25) is 0 Å². The first-order valence-electron chi connectivity index (χ1n) is 4.23. The van der Waals surface area contributed by atoms with Gasteiger partial charge in [0.2, 0.25) is 0 Å². The number of hydrogen-bond acceptors (Lipinski definition) is 0. The quantitative estimate of drug-likeness (QED) is 0.524. The van der Waals surface area contributed by atoms with Crippen molar-refractivity contribution in [2.24, 2.45) is 0 Å². The van der Waals surface area contributed by atoms with Crippen LogP contribution in [0, 0.1) is 0 Å². The zero-order valence-corrected chi connectivity index (χ0v) is 8.55. The molecule has 0 aromatic rings. The van der Waals surface area contributed by atoms with E-state index in [0.29, 0.717) is 0 Å². The van der Waals surface area contributed by atoms with Crippen LogP contribution in [0.3, 0.4) is 0 Å². The van der Waals surface area contributed by atoms with Crippen molar-refractivity contribution < 1.29 is 13.2 Å². The number of allylic oxidation sites excluding steroid dienone is 1. The third kappa shape index (κ3) is 12.2. The Bertz CT molecular complexity index is 92.4. The minimum atomic E-state index is -4.19. The van der Waals surface area contributed by atoms with Gasteiger partial charge in [0.05, 0.1) is 0 Å². The maximum atomic E-state index is 11.3. The molecule has 0 bridgehead atoms. The lowest BCUT2D eigenvalue weighted by Crippen LogP contribution is -2.09. The lowest BCUT2D eigenvalue weighted by atomic mass is 10.2. The maximum absolute atomic E-state index is 11.3. The van der Waals surface area contributed by atoms with Gasteiger partial charge in [-0.05, 0) is 6.42 Å². The molecule has 0 heterocycles. The Morgan fingerprint density at radius 3 is 1.33 bits per heavy atom. The van der Waals surface area contributed by atoms with E-state index in [-0.39, 0.29) is 6.42 Å². The van der Waals surface area contributed by atoms with Gasteiger partial charge >= 0.3 is 6.18 Å². The lowest BCUT2D eigenvalue weighted by molar-refractivity contribution is -0.0931. The summed E-state index contributed by atoms with van der Waals surface area (Å²) in [5.74, 6) is 0. The average molecular weight is 184 g/mol. The molecule has 0 unspecified atom stereocenters. The molecule has 0 fully saturated rings. The van der Waals surface area contributed by atoms with E-state index in [4.69, 9.17) is 0 Å². The predicted molar refractivity (Wildman–Crippen MR) is 48.2 cm³/mol. The molecule has 0 rings (SSSR count). The molecule has 0 atom stereocenters. The monoisotopic (exact) mass is 184 g/mol. The van der Waals surface area contributed by atoms with Crippen molar-refractivity contribution in [1.82, 2.24) is 0 Å². The van der Waals surface area contributed by atoms with E-state index in [1.165, 1.54) is 6.92 Å². The van der Waals surface area contributed by atoms with Crippen molar-refractivity contribution in [1.29, 1.82) is 0 Å². The molecule has 0 aromatic heterocycles. The van der Waals surface area contributed by atoms with Crippen LogP contribution in [-0.2, 0) is 0 Å². The predicted octanol–water partition coefficient (Wildman–Crippen LogP) is 4.57. The van der Waals surface area contributed by atoms with Gasteiger partial charge in [0.25, 0.3) is 0 Å². The summed E-state index contributed by atoms with van der Waals surface area (Å²) >= 11 is 0. The highest BCUT2D eigenvalue weighted by molar-refractivity contribution is 5.00. The summed E-state index contributed by atoms with van der Waals surface area (Å²) in [7, 11) is 0. The molecule has 3 heteroatoms. The first kappa shape index (κ1) is 17.6. The Morgan fingerprint density at radius 2 is 1.33 bits per heavy atom. The van der Waals surface area contributed by atoms with E-state index in [1.54, 1.807) is 0 Å². The zero-order valence-electron chi connectivity index (χ0n) is 8.55. The maximum Gasteiger partial charge on any atom is 0.412 e. The van der Waals surface area contributed by atoms with Crippen LogP contribution in [0.1, 0.15) is 41.0 Å². The van der Waals surface area contributed by atoms with E-state index in [9.17, 15) is 13.2 Å². The van der Waals surface area contributed by atoms with Crippen molar-refractivity contribution in [2.75, 3.05) is 0 Å². The summed E-state index contributed by atoms with van der Waals surface area (Å²) in [6.45, 7) is 12.2. The molecule has 0 saturated heterocycles. The first-order chi connectivity index (χ1) is 5.48. The van der Waals surface area contributed by atoms with Crippen LogP contribution in [0.2, 0.25) is 0 Å². The van der Waals surface area contributed by atoms with Crippen LogP contribution in [-0.4, -0.2) is 6.18 Å². The van der Waals surface area contributed by atoms with Gasteiger partial charge < -0.3 is 0 Å². The molecular weight excluding hydrogens is 165 g/mol. The highest BCUT2D eigenvalue weighted by Crippen LogP contribution is 2.25. The summed E-state index contributed by atoms with van der Waals surface area (Å²) in [6, 6.07) is 0. The van der Waals surface area contributed by atoms with Crippen LogP contribution in [0.15, 0.2) is 12.2 Å². The van der Waals surface area contributed by atoms with Crippen LogP contribution in [0.4, 0.5) is 13.2 Å². The van der Waals surface area contributed by atoms with Gasteiger partial charge in [0, 0.05) is 5.57 Å². The van der Waals surface area contributed by atoms with Crippen molar-refractivity contribution in [3.05, 3.63) is 12.2 Å². The second-order valence-electron chi connectivity index (χ2n) is 1.45. The highest BCUT2D eigenvalue weighted by Gasteiger charge is 2.29. The summed E-state index contributed by atoms with van der Waals surface area (Å²) in [5.41, 5.74) is -0.669. The summed E-state index contributed by atoms with van der Waals surface area (Å²) in [5, 5.41) is 0. The van der Waals surface area contributed by atoms with Gasteiger partial charge in [-0.1, -0.05) is 41.2 Å². The Hall–Kier alpha value is -0.470. The summed E-state index contributed by atoms with van der Waals surface area (Å²) in [6.07, 6.45) is -4.21. The van der Waals surface area contributed by atoms with E-state index in [0.717, 1.165) is 0 Å². The van der Waals surface area contributed by atoms with Gasteiger partial charge in [-0.25, -0.2) is 0 Å². The van der Waals surface area contributed by atoms with Gasteiger partial charge in [0.1, 0.15) is 0 Å². The second-order valence-corrected chi connectivity index (χ2v) is 1.45. The van der Waals surface area contributed by atoms with Crippen LogP contribution < -0.4 is 0 Å². The molecule has 0 saturated carbocycles. The van der Waals surface area contributed by atoms with Crippen LogP contribution in [0.25, 0.3) is 0 Å². The standard InChI is InChI=1S/C5H7F3.2C2H6/c1-3-4(2)5(6,7)8;2*1-2/h2-3H2,1H3;2*1-2H3. The molecule has 0 aromatic carbocycles. The molecule has 0 radical (unpaired) electrons. The zero-order chi connectivity index (χ0) is 10.8. The Labute approximate surface area is 73.5 Å². The molecule has 0 amide bonds. The number of halogens is 3. The third-order valence-corrected chi connectivity index (χ3v) is 0.828. The topological polar surface area (TPSA) is 0 Å². The SMILES string of the molecule is C=C(CC)C(F)(F)F.CC.CC. The molecular formula is C9H19F3. The minimum absolute atomic E-state index is 0.0243. The molecule has 0 spiro atoms. The van der Waals surface area contributed by atoms with E-state index >= 15 is 0 Å². The fraction of sp³-hybridized carbons (Fsp3) is 0.778. The van der Waals surface area contributed by atoms with Gasteiger partial charge in [0.15, 0.2) is 0 Å². The second kappa shape index (κ2) is 10.5. The van der Waals surface area contributed by atoms with E-state index in [1.807, 2.05) is 27.7 Å². The third-order valence-electron chi connectivity index (χ3n) is 0.828. The van der Waals surface area contributed by atoms with Crippen LogP contribution in [0.5, 0.6) is 0 Å². The Morgan fingerprint density at radius 1 is 1.08 bits per heavy atom. The molecule has 0 nitrogen and oxygen atoms in total. The summed E-state index contributed by atoms with van der Waals surface area (Å²) in [4.78, 5) is 0. The van der Waals surface area contributed by atoms with E-state index in [2.05, 4.69) is 6.58 Å². The molecule has 0 aliphatic carbocycles. The Balaban J connectivity index is -0.000000175.